The molecule has 4 rings (SSSR count). The van der Waals surface area contributed by atoms with Gasteiger partial charge >= 0.3 is 12.1 Å². The number of ether oxygens (including phenoxy) is 1. The zero-order chi connectivity index (χ0) is 23.9. The number of alkyl halides is 3. The van der Waals surface area contributed by atoms with Crippen molar-refractivity contribution in [2.24, 2.45) is 17.8 Å². The van der Waals surface area contributed by atoms with Crippen molar-refractivity contribution >= 4 is 11.9 Å². The Bertz CT molecular complexity index is 1060. The number of halogens is 3. The second-order valence-electron chi connectivity index (χ2n) is 9.02. The molecule has 6 nitrogen and oxygen atoms in total. The van der Waals surface area contributed by atoms with Crippen molar-refractivity contribution in [1.29, 1.82) is 0 Å². The lowest BCUT2D eigenvalue weighted by atomic mass is 9.87. The van der Waals surface area contributed by atoms with E-state index in [0.29, 0.717) is 28.8 Å². The van der Waals surface area contributed by atoms with Crippen molar-refractivity contribution in [3.05, 3.63) is 46.8 Å². The molecular weight excluding hydrogens is 435 g/mol. The summed E-state index contributed by atoms with van der Waals surface area (Å²) in [7, 11) is 0. The highest BCUT2D eigenvalue weighted by Crippen LogP contribution is 2.48. The number of amides is 1. The molecule has 0 aliphatic heterocycles. The second kappa shape index (κ2) is 8.83. The number of fused-ring (bicyclic) bond motifs is 2. The Morgan fingerprint density at radius 1 is 1.24 bits per heavy atom. The summed E-state index contributed by atoms with van der Waals surface area (Å²) in [5, 5.41) is 7.28. The molecule has 2 saturated carbocycles. The fourth-order valence-corrected chi connectivity index (χ4v) is 5.43. The van der Waals surface area contributed by atoms with Crippen LogP contribution in [0.2, 0.25) is 0 Å². The van der Waals surface area contributed by atoms with Crippen molar-refractivity contribution in [1.82, 2.24) is 15.1 Å². The van der Waals surface area contributed by atoms with Crippen molar-refractivity contribution < 1.29 is 27.5 Å². The Kier molecular flexibility index (Phi) is 6.24. The first-order valence-electron chi connectivity index (χ1n) is 11.3. The summed E-state index contributed by atoms with van der Waals surface area (Å²) in [5.41, 5.74) is 0.788. The number of nitrogens with one attached hydrogen (secondary N) is 1. The van der Waals surface area contributed by atoms with E-state index < -0.39 is 23.8 Å². The Morgan fingerprint density at radius 3 is 2.61 bits per heavy atom. The third kappa shape index (κ3) is 4.50. The standard InChI is InChI=1S/C24H28F3N3O3/c1-4-33-23(32)21(28-22(31)19-11-15-8-9-16(19)10-15)20-13(2)29-30(14(20)3)18-7-5-6-17(12-18)24(25,26)27/h5-7,12,15-16,19,21H,4,8-11H2,1-3H3,(H,28,31). The van der Waals surface area contributed by atoms with Crippen LogP contribution in [0.1, 0.15) is 61.2 Å². The molecular formula is C24H28F3N3O3. The van der Waals surface area contributed by atoms with E-state index in [1.54, 1.807) is 20.8 Å². The number of hydrogen-bond donors (Lipinski definition) is 1. The van der Waals surface area contributed by atoms with Crippen LogP contribution in [0.25, 0.3) is 5.69 Å². The van der Waals surface area contributed by atoms with Gasteiger partial charge in [0, 0.05) is 17.2 Å². The van der Waals surface area contributed by atoms with Crippen LogP contribution in [0.5, 0.6) is 0 Å². The van der Waals surface area contributed by atoms with Gasteiger partial charge in [-0.3, -0.25) is 4.79 Å². The van der Waals surface area contributed by atoms with E-state index in [2.05, 4.69) is 10.4 Å². The fourth-order valence-electron chi connectivity index (χ4n) is 5.43. The number of benzene rings is 1. The molecule has 1 aromatic heterocycles. The van der Waals surface area contributed by atoms with Crippen molar-refractivity contribution in [2.45, 2.75) is 58.7 Å². The number of rotatable bonds is 6. The van der Waals surface area contributed by atoms with Gasteiger partial charge < -0.3 is 10.1 Å². The molecule has 2 aliphatic rings. The first-order chi connectivity index (χ1) is 15.6. The zero-order valence-corrected chi connectivity index (χ0v) is 18.9. The van der Waals surface area contributed by atoms with Gasteiger partial charge in [0.05, 0.1) is 23.6 Å². The predicted molar refractivity (Wildman–Crippen MR) is 114 cm³/mol. The highest BCUT2D eigenvalue weighted by Gasteiger charge is 2.44. The van der Waals surface area contributed by atoms with Crippen LogP contribution in [0, 0.1) is 31.6 Å². The van der Waals surface area contributed by atoms with Crippen LogP contribution < -0.4 is 5.32 Å². The van der Waals surface area contributed by atoms with Crippen molar-refractivity contribution in [2.75, 3.05) is 6.61 Å². The van der Waals surface area contributed by atoms with E-state index in [0.717, 1.165) is 37.8 Å². The average molecular weight is 464 g/mol. The van der Waals surface area contributed by atoms with Crippen molar-refractivity contribution in [3.63, 3.8) is 0 Å². The molecule has 1 heterocycles. The summed E-state index contributed by atoms with van der Waals surface area (Å²) in [4.78, 5) is 26.0. The summed E-state index contributed by atoms with van der Waals surface area (Å²) in [6, 6.07) is 3.76. The van der Waals surface area contributed by atoms with Gasteiger partial charge in [0.1, 0.15) is 0 Å². The monoisotopic (exact) mass is 463 g/mol. The lowest BCUT2D eigenvalue weighted by molar-refractivity contribution is -0.148. The summed E-state index contributed by atoms with van der Waals surface area (Å²) < 4.78 is 46.2. The second-order valence-corrected chi connectivity index (χ2v) is 9.02. The van der Waals surface area contributed by atoms with E-state index in [9.17, 15) is 22.8 Å². The maximum Gasteiger partial charge on any atom is 0.416 e. The molecule has 2 aromatic rings. The number of esters is 1. The average Bonchev–Trinajstić information content (AvgIpc) is 3.47. The molecule has 4 unspecified atom stereocenters. The molecule has 0 spiro atoms. The van der Waals surface area contributed by atoms with Crippen molar-refractivity contribution in [3.8, 4) is 5.69 Å². The minimum atomic E-state index is -4.49. The fraction of sp³-hybridized carbons (Fsp3) is 0.542. The van der Waals surface area contributed by atoms with E-state index in [1.165, 1.54) is 16.8 Å². The first-order valence-corrected chi connectivity index (χ1v) is 11.3. The summed E-state index contributed by atoms with van der Waals surface area (Å²) >= 11 is 0. The molecule has 2 bridgehead atoms. The van der Waals surface area contributed by atoms with E-state index >= 15 is 0 Å². The summed E-state index contributed by atoms with van der Waals surface area (Å²) in [6.45, 7) is 5.16. The van der Waals surface area contributed by atoms with Gasteiger partial charge in [0.15, 0.2) is 6.04 Å². The van der Waals surface area contributed by atoms with Crippen LogP contribution >= 0.6 is 0 Å². The SMILES string of the molecule is CCOC(=O)C(NC(=O)C1CC2CCC1C2)c1c(C)nn(-c2cccc(C(F)(F)F)c2)c1C. The van der Waals surface area contributed by atoms with Gasteiger partial charge in [0.25, 0.3) is 0 Å². The quantitative estimate of drug-likeness (QED) is 0.633. The Hall–Kier alpha value is -2.84. The minimum Gasteiger partial charge on any atom is -0.464 e. The lowest BCUT2D eigenvalue weighted by Gasteiger charge is -2.24. The number of carbonyl (C=O) groups excluding carboxylic acids is 2. The molecule has 178 valence electrons. The van der Waals surface area contributed by atoms with Gasteiger partial charge in [-0.25, -0.2) is 9.48 Å². The number of carbonyl (C=O) groups is 2. The summed E-state index contributed by atoms with van der Waals surface area (Å²) in [6.07, 6.45) is -0.436. The van der Waals surface area contributed by atoms with E-state index in [1.807, 2.05) is 0 Å². The van der Waals surface area contributed by atoms with Crippen LogP contribution in [0.4, 0.5) is 13.2 Å². The normalized spacial score (nSPS) is 22.9. The molecule has 1 amide bonds. The molecule has 2 aliphatic carbocycles. The third-order valence-electron chi connectivity index (χ3n) is 6.94. The summed E-state index contributed by atoms with van der Waals surface area (Å²) in [5.74, 6) is 0.00117. The highest BCUT2D eigenvalue weighted by molar-refractivity contribution is 5.87. The Balaban J connectivity index is 1.67. The molecule has 9 heteroatoms. The van der Waals surface area contributed by atoms with Gasteiger partial charge in [-0.1, -0.05) is 12.5 Å². The lowest BCUT2D eigenvalue weighted by Crippen LogP contribution is -2.40. The topological polar surface area (TPSA) is 73.2 Å². The van der Waals surface area contributed by atoms with Gasteiger partial charge in [-0.05, 0) is 70.1 Å². The number of hydrogen-bond acceptors (Lipinski definition) is 4. The number of aromatic nitrogens is 2. The van der Waals surface area contributed by atoms with Gasteiger partial charge in [-0.15, -0.1) is 0 Å². The molecule has 2 fully saturated rings. The van der Waals surface area contributed by atoms with Crippen LogP contribution in [-0.4, -0.2) is 28.3 Å². The molecule has 0 radical (unpaired) electrons. The number of nitrogens with zero attached hydrogens (tertiary/aromatic N) is 2. The van der Waals surface area contributed by atoms with E-state index in [4.69, 9.17) is 4.74 Å². The largest absolute Gasteiger partial charge is 0.464 e. The van der Waals surface area contributed by atoms with Gasteiger partial charge in [0.2, 0.25) is 5.91 Å². The van der Waals surface area contributed by atoms with Crippen LogP contribution in [0.3, 0.4) is 0 Å². The molecule has 1 N–H and O–H groups in total. The maximum atomic E-state index is 13.2. The highest BCUT2D eigenvalue weighted by atomic mass is 19.4. The zero-order valence-electron chi connectivity index (χ0n) is 18.9. The molecule has 4 atom stereocenters. The smallest absolute Gasteiger partial charge is 0.416 e. The molecule has 1 aromatic carbocycles. The number of aryl methyl sites for hydroxylation is 1. The Morgan fingerprint density at radius 2 is 2.00 bits per heavy atom. The Labute approximate surface area is 190 Å². The third-order valence-corrected chi connectivity index (χ3v) is 6.94. The van der Waals surface area contributed by atoms with Crippen LogP contribution in [-0.2, 0) is 20.5 Å². The first kappa shape index (κ1) is 23.3. The van der Waals surface area contributed by atoms with Gasteiger partial charge in [-0.2, -0.15) is 18.3 Å². The molecule has 33 heavy (non-hydrogen) atoms. The van der Waals surface area contributed by atoms with Crippen LogP contribution in [0.15, 0.2) is 24.3 Å². The van der Waals surface area contributed by atoms with E-state index in [-0.39, 0.29) is 24.1 Å². The predicted octanol–water partition coefficient (Wildman–Crippen LogP) is 4.66. The maximum absolute atomic E-state index is 13.2. The molecule has 0 saturated heterocycles. The minimum absolute atomic E-state index is 0.125.